The molecule has 1 amide bonds. The Morgan fingerprint density at radius 2 is 1.77 bits per heavy atom. The number of halogens is 1. The van der Waals surface area contributed by atoms with Crippen molar-refractivity contribution in [3.05, 3.63) is 82.9 Å². The van der Waals surface area contributed by atoms with E-state index in [9.17, 15) is 9.59 Å². The van der Waals surface area contributed by atoms with Crippen LogP contribution in [0.15, 0.2) is 66.7 Å². The third-order valence-electron chi connectivity index (χ3n) is 4.05. The molecule has 1 N–H and O–H groups in total. The van der Waals surface area contributed by atoms with E-state index in [-0.39, 0.29) is 18.6 Å². The molecule has 0 saturated carbocycles. The zero-order valence-corrected chi connectivity index (χ0v) is 15.0. The first-order valence-electron chi connectivity index (χ1n) is 8.24. The molecule has 26 heavy (non-hydrogen) atoms. The van der Waals surface area contributed by atoms with Gasteiger partial charge in [-0.3, -0.25) is 4.79 Å². The minimum atomic E-state index is -0.527. The van der Waals surface area contributed by atoms with Gasteiger partial charge in [0.2, 0.25) is 0 Å². The summed E-state index contributed by atoms with van der Waals surface area (Å²) >= 11 is 5.96. The summed E-state index contributed by atoms with van der Waals surface area (Å²) in [5.74, 6) is -0.895. The van der Waals surface area contributed by atoms with E-state index < -0.39 is 5.97 Å². The molecule has 3 rings (SSSR count). The Morgan fingerprint density at radius 3 is 2.54 bits per heavy atom. The van der Waals surface area contributed by atoms with Crippen LogP contribution < -0.4 is 5.32 Å². The first kappa shape index (κ1) is 18.0. The van der Waals surface area contributed by atoms with Gasteiger partial charge in [0.05, 0.1) is 11.6 Å². The highest BCUT2D eigenvalue weighted by atomic mass is 35.5. The number of hydrogen-bond donors (Lipinski definition) is 1. The molecule has 0 heterocycles. The molecule has 3 aromatic carbocycles. The highest BCUT2D eigenvalue weighted by Gasteiger charge is 2.13. The minimum absolute atomic E-state index is 0.236. The van der Waals surface area contributed by atoms with Gasteiger partial charge in [0.25, 0.3) is 5.91 Å². The summed E-state index contributed by atoms with van der Waals surface area (Å²) < 4.78 is 5.12. The molecule has 0 saturated heterocycles. The number of carbonyl (C=O) groups excluding carboxylic acids is 2. The maximum Gasteiger partial charge on any atom is 0.338 e. The Labute approximate surface area is 156 Å². The van der Waals surface area contributed by atoms with Gasteiger partial charge in [-0.05, 0) is 47.5 Å². The van der Waals surface area contributed by atoms with Gasteiger partial charge >= 0.3 is 5.97 Å². The molecule has 5 heteroatoms. The Morgan fingerprint density at radius 1 is 1.00 bits per heavy atom. The molecule has 0 radical (unpaired) electrons. The van der Waals surface area contributed by atoms with E-state index in [1.807, 2.05) is 49.4 Å². The third-order valence-corrected chi connectivity index (χ3v) is 4.28. The number of nitrogens with one attached hydrogen (secondary N) is 1. The lowest BCUT2D eigenvalue weighted by molar-refractivity contribution is -0.124. The molecular formula is C21H18ClNO3. The fraction of sp³-hybridized carbons (Fsp3) is 0.143. The van der Waals surface area contributed by atoms with Crippen molar-refractivity contribution in [1.29, 1.82) is 0 Å². The monoisotopic (exact) mass is 367 g/mol. The van der Waals surface area contributed by atoms with E-state index in [1.54, 1.807) is 24.3 Å². The maximum absolute atomic E-state index is 12.2. The number of esters is 1. The molecule has 0 fully saturated rings. The number of fused-ring (bicyclic) bond motifs is 1. The van der Waals surface area contributed by atoms with Crippen LogP contribution in [0.1, 0.15) is 28.9 Å². The zero-order chi connectivity index (χ0) is 18.5. The Bertz CT molecular complexity index is 955. The van der Waals surface area contributed by atoms with Crippen LogP contribution in [0.25, 0.3) is 10.8 Å². The Balaban J connectivity index is 1.57. The lowest BCUT2D eigenvalue weighted by Gasteiger charge is -2.14. The Hall–Kier alpha value is -2.85. The lowest BCUT2D eigenvalue weighted by atomic mass is 10.1. The van der Waals surface area contributed by atoms with Gasteiger partial charge in [-0.2, -0.15) is 0 Å². The summed E-state index contributed by atoms with van der Waals surface area (Å²) in [6.45, 7) is 1.51. The van der Waals surface area contributed by atoms with Crippen molar-refractivity contribution in [2.24, 2.45) is 0 Å². The molecule has 1 atom stereocenters. The van der Waals surface area contributed by atoms with Crippen LogP contribution in [0.3, 0.4) is 0 Å². The van der Waals surface area contributed by atoms with Crippen LogP contribution in [-0.2, 0) is 9.53 Å². The number of rotatable bonds is 5. The average Bonchev–Trinajstić information content (AvgIpc) is 2.65. The van der Waals surface area contributed by atoms with Gasteiger partial charge in [-0.1, -0.05) is 54.1 Å². The molecular weight excluding hydrogens is 350 g/mol. The third kappa shape index (κ3) is 4.41. The summed E-state index contributed by atoms with van der Waals surface area (Å²) in [7, 11) is 0. The average molecular weight is 368 g/mol. The van der Waals surface area contributed by atoms with Gasteiger partial charge in [-0.15, -0.1) is 0 Å². The molecule has 0 aliphatic rings. The largest absolute Gasteiger partial charge is 0.452 e. The molecule has 0 aliphatic heterocycles. The normalized spacial score (nSPS) is 11.8. The summed E-state index contributed by atoms with van der Waals surface area (Å²) in [4.78, 5) is 24.2. The van der Waals surface area contributed by atoms with E-state index in [4.69, 9.17) is 16.3 Å². The molecule has 4 nitrogen and oxygen atoms in total. The van der Waals surface area contributed by atoms with E-state index in [0.717, 1.165) is 16.3 Å². The first-order valence-corrected chi connectivity index (χ1v) is 8.61. The number of ether oxygens (including phenoxy) is 1. The van der Waals surface area contributed by atoms with Gasteiger partial charge in [0.15, 0.2) is 6.61 Å². The van der Waals surface area contributed by atoms with Crippen LogP contribution in [0.5, 0.6) is 0 Å². The van der Waals surface area contributed by atoms with Crippen LogP contribution in [0.2, 0.25) is 5.02 Å². The lowest BCUT2D eigenvalue weighted by Crippen LogP contribution is -2.31. The van der Waals surface area contributed by atoms with Gasteiger partial charge < -0.3 is 10.1 Å². The minimum Gasteiger partial charge on any atom is -0.452 e. The molecule has 0 aromatic heterocycles. The molecule has 0 unspecified atom stereocenters. The second kappa shape index (κ2) is 8.02. The summed E-state index contributed by atoms with van der Waals surface area (Å²) in [5, 5.41) is 5.37. The summed E-state index contributed by atoms with van der Waals surface area (Å²) in [6, 6.07) is 20.0. The van der Waals surface area contributed by atoms with E-state index in [2.05, 4.69) is 5.32 Å². The topological polar surface area (TPSA) is 55.4 Å². The molecule has 3 aromatic rings. The van der Waals surface area contributed by atoms with Gasteiger partial charge in [-0.25, -0.2) is 4.79 Å². The predicted molar refractivity (Wildman–Crippen MR) is 102 cm³/mol. The molecule has 132 valence electrons. The zero-order valence-electron chi connectivity index (χ0n) is 14.2. The number of benzene rings is 3. The van der Waals surface area contributed by atoms with Crippen LogP contribution >= 0.6 is 11.6 Å². The van der Waals surface area contributed by atoms with Crippen molar-refractivity contribution in [1.82, 2.24) is 5.32 Å². The fourth-order valence-electron chi connectivity index (χ4n) is 2.67. The van der Waals surface area contributed by atoms with Crippen LogP contribution in [0.4, 0.5) is 0 Å². The summed E-state index contributed by atoms with van der Waals surface area (Å²) in [6.07, 6.45) is 0. The second-order valence-electron chi connectivity index (χ2n) is 5.98. The molecule has 0 bridgehead atoms. The van der Waals surface area contributed by atoms with Crippen molar-refractivity contribution in [3.63, 3.8) is 0 Å². The van der Waals surface area contributed by atoms with Crippen molar-refractivity contribution >= 4 is 34.2 Å². The summed E-state index contributed by atoms with van der Waals surface area (Å²) in [5.41, 5.74) is 1.30. The number of carbonyl (C=O) groups is 2. The number of amides is 1. The highest BCUT2D eigenvalue weighted by molar-refractivity contribution is 6.30. The second-order valence-corrected chi connectivity index (χ2v) is 6.42. The predicted octanol–water partition coefficient (Wildman–Crippen LogP) is 4.53. The molecule has 0 aliphatic carbocycles. The van der Waals surface area contributed by atoms with Crippen molar-refractivity contribution in [2.75, 3.05) is 6.61 Å². The smallest absolute Gasteiger partial charge is 0.338 e. The van der Waals surface area contributed by atoms with Gasteiger partial charge in [0.1, 0.15) is 0 Å². The van der Waals surface area contributed by atoms with Crippen molar-refractivity contribution in [3.8, 4) is 0 Å². The Kier molecular flexibility index (Phi) is 5.54. The van der Waals surface area contributed by atoms with Crippen molar-refractivity contribution < 1.29 is 14.3 Å². The van der Waals surface area contributed by atoms with Crippen LogP contribution in [0, 0.1) is 0 Å². The first-order chi connectivity index (χ1) is 12.5. The van der Waals surface area contributed by atoms with Gasteiger partial charge in [0, 0.05) is 5.02 Å². The highest BCUT2D eigenvalue weighted by Crippen LogP contribution is 2.18. The standard InChI is InChI=1S/C21H18ClNO3/c1-14(16-7-4-8-19(22)12-16)23-20(24)13-26-21(25)18-10-9-15-5-2-3-6-17(15)11-18/h2-12,14H,13H2,1H3,(H,23,24)/t14-/m1/s1. The number of hydrogen-bond acceptors (Lipinski definition) is 3. The fourth-order valence-corrected chi connectivity index (χ4v) is 2.87. The van der Waals surface area contributed by atoms with Crippen molar-refractivity contribution in [2.45, 2.75) is 13.0 Å². The maximum atomic E-state index is 12.2. The van der Waals surface area contributed by atoms with E-state index in [0.29, 0.717) is 10.6 Å². The van der Waals surface area contributed by atoms with E-state index in [1.165, 1.54) is 0 Å². The quantitative estimate of drug-likeness (QED) is 0.674. The van der Waals surface area contributed by atoms with Crippen LogP contribution in [-0.4, -0.2) is 18.5 Å². The van der Waals surface area contributed by atoms with E-state index >= 15 is 0 Å². The SMILES string of the molecule is C[C@@H](NC(=O)COC(=O)c1ccc2ccccc2c1)c1cccc(Cl)c1. The molecule has 0 spiro atoms.